The molecule has 0 amide bonds. The Balaban J connectivity index is 2.00. The second kappa shape index (κ2) is 7.83. The number of ether oxygens (including phenoxy) is 1. The van der Waals surface area contributed by atoms with Crippen molar-refractivity contribution in [3.63, 3.8) is 0 Å². The maximum atomic E-state index is 13.0. The summed E-state index contributed by atoms with van der Waals surface area (Å²) in [5.41, 5.74) is 2.76. The quantitative estimate of drug-likeness (QED) is 0.478. The summed E-state index contributed by atoms with van der Waals surface area (Å²) in [6, 6.07) is 7.32. The number of benzene rings is 1. The first-order valence-corrected chi connectivity index (χ1v) is 9.63. The molecule has 0 aliphatic rings. The largest absolute Gasteiger partial charge is 0.464 e. The van der Waals surface area contributed by atoms with Gasteiger partial charge in [-0.1, -0.05) is 43.2 Å². The van der Waals surface area contributed by atoms with Crippen LogP contribution in [0.2, 0.25) is 0 Å². The zero-order valence-corrected chi connectivity index (χ0v) is 16.0. The molecule has 5 nitrogen and oxygen atoms in total. The third kappa shape index (κ3) is 3.55. The molecule has 1 atom stereocenters. The molecule has 3 rings (SSSR count). The van der Waals surface area contributed by atoms with Crippen molar-refractivity contribution < 1.29 is 9.53 Å². The third-order valence-corrected chi connectivity index (χ3v) is 5.27. The highest BCUT2D eigenvalue weighted by Gasteiger charge is 2.21. The average molecular weight is 370 g/mol. The Kier molecular flexibility index (Phi) is 5.52. The summed E-state index contributed by atoms with van der Waals surface area (Å²) in [4.78, 5) is 30.3. The summed E-state index contributed by atoms with van der Waals surface area (Å²) in [7, 11) is 0. The Morgan fingerprint density at radius 3 is 2.73 bits per heavy atom. The van der Waals surface area contributed by atoms with E-state index in [0.717, 1.165) is 29.5 Å². The summed E-state index contributed by atoms with van der Waals surface area (Å²) >= 11 is 1.43. The number of unbranched alkanes of at least 4 members (excludes halogenated alkanes) is 1. The van der Waals surface area contributed by atoms with Crippen LogP contribution in [0.1, 0.15) is 38.3 Å². The maximum absolute atomic E-state index is 13.0. The van der Waals surface area contributed by atoms with Gasteiger partial charge < -0.3 is 4.74 Å². The average Bonchev–Trinajstić information content (AvgIpc) is 3.07. The molecule has 6 heteroatoms. The van der Waals surface area contributed by atoms with Gasteiger partial charge in [0.2, 0.25) is 0 Å². The van der Waals surface area contributed by atoms with E-state index in [-0.39, 0.29) is 5.56 Å². The Labute approximate surface area is 156 Å². The van der Waals surface area contributed by atoms with Crippen molar-refractivity contribution in [1.82, 2.24) is 9.55 Å². The topological polar surface area (TPSA) is 61.2 Å². The van der Waals surface area contributed by atoms with Crippen molar-refractivity contribution in [2.24, 2.45) is 0 Å². The number of thiophene rings is 1. The van der Waals surface area contributed by atoms with E-state index in [0.29, 0.717) is 16.8 Å². The number of nitrogens with zero attached hydrogens (tertiary/aromatic N) is 2. The fraction of sp³-hybridized carbons (Fsp3) is 0.350. The van der Waals surface area contributed by atoms with E-state index in [1.54, 1.807) is 6.92 Å². The highest BCUT2D eigenvalue weighted by atomic mass is 32.1. The highest BCUT2D eigenvalue weighted by molar-refractivity contribution is 7.17. The van der Waals surface area contributed by atoms with Gasteiger partial charge in [-0.3, -0.25) is 9.36 Å². The number of aromatic nitrogens is 2. The fourth-order valence-electron chi connectivity index (χ4n) is 2.72. The van der Waals surface area contributed by atoms with Gasteiger partial charge in [0.25, 0.3) is 5.56 Å². The molecule has 1 aromatic carbocycles. The molecular formula is C20H22N2O3S. The molecule has 0 saturated carbocycles. The molecule has 0 saturated heterocycles. The van der Waals surface area contributed by atoms with Crippen LogP contribution in [0.15, 0.2) is 40.8 Å². The number of carbonyl (C=O) groups is 1. The number of hydrogen-bond donors (Lipinski definition) is 0. The normalized spacial score (nSPS) is 12.3. The van der Waals surface area contributed by atoms with E-state index >= 15 is 0 Å². The maximum Gasteiger partial charge on any atom is 0.328 e. The minimum absolute atomic E-state index is 0.216. The van der Waals surface area contributed by atoms with Gasteiger partial charge in [-0.2, -0.15) is 0 Å². The number of esters is 1. The van der Waals surface area contributed by atoms with Crippen molar-refractivity contribution in [3.8, 4) is 11.1 Å². The number of fused-ring (bicyclic) bond motifs is 1. The third-order valence-electron chi connectivity index (χ3n) is 4.38. The van der Waals surface area contributed by atoms with E-state index in [1.165, 1.54) is 22.2 Å². The first-order chi connectivity index (χ1) is 12.5. The zero-order valence-electron chi connectivity index (χ0n) is 15.2. The fourth-order valence-corrected chi connectivity index (χ4v) is 3.62. The van der Waals surface area contributed by atoms with Crippen LogP contribution in [0.5, 0.6) is 0 Å². The van der Waals surface area contributed by atoms with Crippen LogP contribution in [-0.2, 0) is 9.53 Å². The van der Waals surface area contributed by atoms with Crippen molar-refractivity contribution in [2.75, 3.05) is 6.61 Å². The molecular weight excluding hydrogens is 348 g/mol. The van der Waals surface area contributed by atoms with Crippen molar-refractivity contribution in [2.45, 2.75) is 39.7 Å². The number of aryl methyl sites for hydroxylation is 1. The van der Waals surface area contributed by atoms with Gasteiger partial charge in [0.05, 0.1) is 18.3 Å². The molecule has 0 aliphatic heterocycles. The molecule has 0 aliphatic carbocycles. The van der Waals surface area contributed by atoms with Gasteiger partial charge >= 0.3 is 5.97 Å². The van der Waals surface area contributed by atoms with Gasteiger partial charge in [-0.05, 0) is 25.8 Å². The van der Waals surface area contributed by atoms with Crippen LogP contribution in [0.4, 0.5) is 0 Å². The van der Waals surface area contributed by atoms with Gasteiger partial charge in [0.1, 0.15) is 10.9 Å². The Bertz CT molecular complexity index is 973. The minimum Gasteiger partial charge on any atom is -0.464 e. The molecule has 0 bridgehead atoms. The summed E-state index contributed by atoms with van der Waals surface area (Å²) in [6.07, 6.45) is 3.20. The van der Waals surface area contributed by atoms with Crippen LogP contribution in [0.25, 0.3) is 21.3 Å². The summed E-state index contributed by atoms with van der Waals surface area (Å²) in [5.74, 6) is -0.409. The van der Waals surface area contributed by atoms with Crippen molar-refractivity contribution in [3.05, 3.63) is 51.9 Å². The lowest BCUT2D eigenvalue weighted by atomic mass is 10.1. The number of rotatable bonds is 6. The van der Waals surface area contributed by atoms with Gasteiger partial charge in [0, 0.05) is 10.9 Å². The molecule has 0 fully saturated rings. The SMILES string of the molecule is CCCCOC(=O)[C@@H](C)n1cnc2scc(-c3ccc(C)cc3)c2c1=O. The molecule has 26 heavy (non-hydrogen) atoms. The van der Waals surface area contributed by atoms with E-state index in [9.17, 15) is 9.59 Å². The number of hydrogen-bond acceptors (Lipinski definition) is 5. The van der Waals surface area contributed by atoms with Crippen LogP contribution < -0.4 is 5.56 Å². The monoisotopic (exact) mass is 370 g/mol. The molecule has 2 aromatic heterocycles. The minimum atomic E-state index is -0.706. The van der Waals surface area contributed by atoms with Crippen molar-refractivity contribution in [1.29, 1.82) is 0 Å². The molecule has 2 heterocycles. The predicted molar refractivity (Wildman–Crippen MR) is 105 cm³/mol. The smallest absolute Gasteiger partial charge is 0.328 e. The second-order valence-corrected chi connectivity index (χ2v) is 7.21. The zero-order chi connectivity index (χ0) is 18.7. The predicted octanol–water partition coefficient (Wildman–Crippen LogP) is 4.34. The highest BCUT2D eigenvalue weighted by Crippen LogP contribution is 2.31. The van der Waals surface area contributed by atoms with E-state index < -0.39 is 12.0 Å². The first kappa shape index (κ1) is 18.3. The lowest BCUT2D eigenvalue weighted by Gasteiger charge is -2.14. The second-order valence-electron chi connectivity index (χ2n) is 6.35. The number of carbonyl (C=O) groups excluding carboxylic acids is 1. The van der Waals surface area contributed by atoms with Crippen LogP contribution in [0.3, 0.4) is 0 Å². The standard InChI is InChI=1S/C20H22N2O3S/c1-4-5-10-25-20(24)14(3)22-12-21-18-17(19(22)23)16(11-26-18)15-8-6-13(2)7-9-15/h6-9,11-12,14H,4-5,10H2,1-3H3/t14-/m1/s1. The van der Waals surface area contributed by atoms with E-state index in [4.69, 9.17) is 4.74 Å². The first-order valence-electron chi connectivity index (χ1n) is 8.75. The van der Waals surface area contributed by atoms with E-state index in [1.807, 2.05) is 43.5 Å². The van der Waals surface area contributed by atoms with Gasteiger partial charge in [-0.15, -0.1) is 11.3 Å². The molecule has 136 valence electrons. The molecule has 0 spiro atoms. The molecule has 3 aromatic rings. The molecule has 0 radical (unpaired) electrons. The summed E-state index contributed by atoms with van der Waals surface area (Å²) in [5, 5.41) is 2.49. The van der Waals surface area contributed by atoms with Gasteiger partial charge in [-0.25, -0.2) is 9.78 Å². The van der Waals surface area contributed by atoms with Crippen molar-refractivity contribution >= 4 is 27.5 Å². The Morgan fingerprint density at radius 1 is 1.31 bits per heavy atom. The van der Waals surface area contributed by atoms with E-state index in [2.05, 4.69) is 4.98 Å². The van der Waals surface area contributed by atoms with Gasteiger partial charge in [0.15, 0.2) is 0 Å². The van der Waals surface area contributed by atoms with Crippen LogP contribution in [-0.4, -0.2) is 22.1 Å². The lowest BCUT2D eigenvalue weighted by Crippen LogP contribution is -2.29. The molecule has 0 unspecified atom stereocenters. The Hall–Kier alpha value is -2.47. The summed E-state index contributed by atoms with van der Waals surface area (Å²) in [6.45, 7) is 6.09. The van der Waals surface area contributed by atoms with Crippen LogP contribution >= 0.6 is 11.3 Å². The Morgan fingerprint density at radius 2 is 2.04 bits per heavy atom. The lowest BCUT2D eigenvalue weighted by molar-refractivity contribution is -0.147. The molecule has 0 N–H and O–H groups in total. The van der Waals surface area contributed by atoms with Crippen LogP contribution in [0, 0.1) is 6.92 Å². The summed E-state index contributed by atoms with van der Waals surface area (Å²) < 4.78 is 6.61.